The number of benzene rings is 6. The van der Waals surface area contributed by atoms with E-state index in [1.807, 2.05) is 6.92 Å². The van der Waals surface area contributed by atoms with Gasteiger partial charge in [-0.1, -0.05) is 193 Å². The maximum atomic E-state index is 15.5. The second kappa shape index (κ2) is 49.2. The number of carboxylic acids is 1. The number of phenols is 1. The lowest BCUT2D eigenvalue weighted by molar-refractivity contribution is -0.151. The summed E-state index contributed by atoms with van der Waals surface area (Å²) < 4.78 is 0. The molecular formula is C93H117ClN16O18S. The van der Waals surface area contributed by atoms with E-state index in [1.165, 1.54) is 69.3 Å². The van der Waals surface area contributed by atoms with Crippen LogP contribution in [0.25, 0.3) is 10.9 Å². The highest BCUT2D eigenvalue weighted by atomic mass is 35.5. The van der Waals surface area contributed by atoms with Crippen LogP contribution >= 0.6 is 23.4 Å². The van der Waals surface area contributed by atoms with Gasteiger partial charge in [-0.15, -0.1) is 11.8 Å². The number of hydrogen-bond acceptors (Lipinski definition) is 18. The number of hydrogen-bond donors (Lipinski definition) is 13. The number of phenolic OH excluding ortho intramolecular Hbond substituents is 1. The Morgan fingerprint density at radius 3 is 1.50 bits per heavy atom. The molecule has 1 aromatic heterocycles. The molecule has 8 rings (SSSR count). The number of para-hydroxylation sites is 1. The van der Waals surface area contributed by atoms with Gasteiger partial charge in [-0.3, -0.25) is 76.7 Å². The average molecular weight is 1810 g/mol. The molecule has 1 aliphatic heterocycles. The van der Waals surface area contributed by atoms with Gasteiger partial charge in [0.25, 0.3) is 0 Å². The first kappa shape index (κ1) is 101. The number of carbonyl (C=O) groups excluding carboxylic acids is 15. The summed E-state index contributed by atoms with van der Waals surface area (Å²) in [6, 6.07) is 28.1. The zero-order valence-electron chi connectivity index (χ0n) is 74.0. The SMILES string of the molecule is CCCC[C@H]1C(=O)N(C)CC(=O)N[C@@H](CC(=O)O)C(=O)N[C@@H](C(C)C)C(=O)N(C)[C@@H](Cc2ccccc2)C(=O)N[C@@H](Cc2ccc(O)cc2)C(=O)N(C)CC(=O)N[C@@H](Cc2c[nH]c3ccccc23)C(=O)NC(Cc2ccc(Cl)cc2)C(=O)N[C@@H](CC(C)C)C(=O)N[C@H](C(=O)NCC(N)=O)CSCC(=O)N[C@@H](Cc2ccccc2)C(=O)N(C)[C@@H](Cc2ccccc2)C(=O)N1C. The van der Waals surface area contributed by atoms with Crippen LogP contribution in [0.1, 0.15) is 100 Å². The number of rotatable bonds is 23. The van der Waals surface area contributed by atoms with E-state index in [9.17, 15) is 53.4 Å². The zero-order valence-corrected chi connectivity index (χ0v) is 75.6. The Kier molecular flexibility index (Phi) is 38.6. The van der Waals surface area contributed by atoms with Crippen molar-refractivity contribution in [2.45, 2.75) is 172 Å². The Bertz CT molecular complexity index is 5070. The van der Waals surface area contributed by atoms with E-state index in [1.54, 1.807) is 173 Å². The third-order valence-corrected chi connectivity index (χ3v) is 23.3. The number of carboxylic acid groups (broad SMARTS) is 1. The number of likely N-dealkylation sites (N-methyl/N-ethyl adjacent to an activating group) is 5. The van der Waals surface area contributed by atoms with Crippen molar-refractivity contribution in [2.24, 2.45) is 17.6 Å². The molecule has 6 aromatic carbocycles. The summed E-state index contributed by atoms with van der Waals surface area (Å²) in [7, 11) is 6.56. The molecule has 2 heterocycles. The van der Waals surface area contributed by atoms with Crippen LogP contribution < -0.4 is 53.6 Å². The summed E-state index contributed by atoms with van der Waals surface area (Å²) in [4.78, 5) is 244. The topological polar surface area (TPSA) is 480 Å². The second-order valence-corrected chi connectivity index (χ2v) is 34.5. The quantitative estimate of drug-likeness (QED) is 0.0437. The first-order valence-corrected chi connectivity index (χ1v) is 44.2. The number of unbranched alkanes of at least 4 members (excludes halogenated alkanes) is 1. The molecule has 36 heteroatoms. The Balaban J connectivity index is 1.21. The Hall–Kier alpha value is -13.2. The number of amides is 15. The molecule has 0 spiro atoms. The van der Waals surface area contributed by atoms with Gasteiger partial charge >= 0.3 is 5.97 Å². The monoisotopic (exact) mass is 1810 g/mol. The van der Waals surface area contributed by atoms with Crippen molar-refractivity contribution in [3.05, 3.63) is 208 Å². The summed E-state index contributed by atoms with van der Waals surface area (Å²) in [5, 5.41) is 45.7. The molecule has 15 amide bonds. The summed E-state index contributed by atoms with van der Waals surface area (Å²) in [6.07, 6.45) is 0.217. The summed E-state index contributed by atoms with van der Waals surface area (Å²) >= 11 is 7.19. The van der Waals surface area contributed by atoms with E-state index in [-0.39, 0.29) is 68.8 Å². The van der Waals surface area contributed by atoms with Crippen molar-refractivity contribution in [1.82, 2.24) is 77.3 Å². The van der Waals surface area contributed by atoms with Gasteiger partial charge in [0.05, 0.1) is 31.8 Å². The average Bonchev–Trinajstić information content (AvgIpc) is 1.50. The molecule has 1 unspecified atom stereocenters. The molecule has 0 radical (unpaired) electrons. The lowest BCUT2D eigenvalue weighted by Crippen LogP contribution is -2.61. The van der Waals surface area contributed by atoms with Crippen LogP contribution in [0.3, 0.4) is 0 Å². The van der Waals surface area contributed by atoms with Gasteiger partial charge in [-0.25, -0.2) is 0 Å². The van der Waals surface area contributed by atoms with Crippen LogP contribution in [0.4, 0.5) is 0 Å². The number of aromatic amines is 1. The fourth-order valence-electron chi connectivity index (χ4n) is 14.9. The molecule has 1 aliphatic rings. The molecule has 1 saturated heterocycles. The summed E-state index contributed by atoms with van der Waals surface area (Å²) in [5.74, 6) is -17.1. The largest absolute Gasteiger partial charge is 0.508 e. The number of fused-ring (bicyclic) bond motifs is 1. The molecule has 14 N–H and O–H groups in total. The van der Waals surface area contributed by atoms with E-state index in [2.05, 4.69) is 52.8 Å². The number of nitrogens with zero attached hydrogens (tertiary/aromatic N) is 5. The van der Waals surface area contributed by atoms with Crippen LogP contribution in [-0.2, 0) is 115 Å². The fraction of sp³-hybridized carbons (Fsp3) is 0.419. The first-order valence-electron chi connectivity index (χ1n) is 42.6. The van der Waals surface area contributed by atoms with Crippen LogP contribution in [0.2, 0.25) is 5.02 Å². The Morgan fingerprint density at radius 2 is 0.938 bits per heavy atom. The van der Waals surface area contributed by atoms with Crippen LogP contribution in [0.5, 0.6) is 5.75 Å². The molecule has 11 atom stereocenters. The Labute approximate surface area is 758 Å². The summed E-state index contributed by atoms with van der Waals surface area (Å²) in [6.45, 7) is 6.22. The third-order valence-electron chi connectivity index (χ3n) is 22.0. The van der Waals surface area contributed by atoms with Crippen molar-refractivity contribution >= 4 is 129 Å². The summed E-state index contributed by atoms with van der Waals surface area (Å²) in [5.41, 5.74) is 9.24. The van der Waals surface area contributed by atoms with E-state index >= 15 is 33.6 Å². The maximum Gasteiger partial charge on any atom is 0.305 e. The van der Waals surface area contributed by atoms with E-state index in [0.29, 0.717) is 62.1 Å². The highest BCUT2D eigenvalue weighted by Crippen LogP contribution is 2.25. The highest BCUT2D eigenvalue weighted by Gasteiger charge is 2.42. The zero-order chi connectivity index (χ0) is 94.3. The fourth-order valence-corrected chi connectivity index (χ4v) is 15.9. The number of H-pyrrole nitrogens is 1. The molecule has 690 valence electrons. The molecule has 1 fully saturated rings. The van der Waals surface area contributed by atoms with Crippen LogP contribution in [0.15, 0.2) is 170 Å². The van der Waals surface area contributed by atoms with E-state index in [4.69, 9.17) is 17.3 Å². The number of nitrogens with two attached hydrogens (primary N) is 1. The number of halogens is 1. The van der Waals surface area contributed by atoms with Crippen molar-refractivity contribution < 1.29 is 86.9 Å². The van der Waals surface area contributed by atoms with Gasteiger partial charge in [0.1, 0.15) is 72.2 Å². The number of carbonyl (C=O) groups is 16. The van der Waals surface area contributed by atoms with Gasteiger partial charge in [0, 0.05) is 102 Å². The van der Waals surface area contributed by atoms with Crippen molar-refractivity contribution in [1.29, 1.82) is 0 Å². The van der Waals surface area contributed by atoms with E-state index in [0.717, 1.165) is 26.5 Å². The van der Waals surface area contributed by atoms with Gasteiger partial charge in [0.15, 0.2) is 0 Å². The number of nitrogens with one attached hydrogen (secondary N) is 10. The standard InChI is InChI=1S/C93H117ClN16O18S/c1-11-12-32-74-91(126)107(7)52-79(114)99-70(48-81(116)117)87(122)105-82(56(4)5)93(128)109(9)75(45-58-26-18-14-19-27-58)88(123)103-71(44-61-35-39-64(111)40-36-61)89(124)106(6)51-78(113)98-69(47-62-49-96-66-31-23-22-30-65(62)66)86(121)102-68(42-60-33-37-63(94)38-34-60)85(120)101-67(41-55(2)3)84(119)104-73(83(118)97-50-77(95)112)53-129-54-80(115)100-72(43-57-24-16-13-17-25-57)90(125)110(10)76(92(127)108(74)8)46-59-28-20-15-21-29-59/h13-31,33-40,49,55-56,67-76,82,96,111H,11-12,32,41-48,50-54H2,1-10H3,(H2,95,112)(H,97,118)(H,98,113)(H,99,114)(H,100,115)(H,101,120)(H,102,121)(H,103,123)(H,104,119)(H,105,122)(H,116,117)/t67-,68?,69-,70-,71-,72-,73-,74-,75-,76-,82-/m0/s1. The van der Waals surface area contributed by atoms with Gasteiger partial charge in [-0.05, 0) is 88.4 Å². The smallest absolute Gasteiger partial charge is 0.305 e. The number of primary amides is 1. The van der Waals surface area contributed by atoms with Crippen LogP contribution in [-0.4, -0.2) is 267 Å². The lowest BCUT2D eigenvalue weighted by atomic mass is 9.98. The minimum Gasteiger partial charge on any atom is -0.508 e. The molecular weight excluding hydrogens is 1700 g/mol. The number of aromatic nitrogens is 1. The number of aliphatic carboxylic acids is 1. The van der Waals surface area contributed by atoms with Gasteiger partial charge < -0.3 is 93.3 Å². The maximum absolute atomic E-state index is 15.5. The van der Waals surface area contributed by atoms with Gasteiger partial charge in [-0.2, -0.15) is 0 Å². The molecule has 0 aliphatic carbocycles. The second-order valence-electron chi connectivity index (χ2n) is 33.0. The van der Waals surface area contributed by atoms with Crippen molar-refractivity contribution in [3.63, 3.8) is 0 Å². The Morgan fingerprint density at radius 1 is 0.481 bits per heavy atom. The van der Waals surface area contributed by atoms with E-state index < -0.39 is 199 Å². The minimum atomic E-state index is -1.90. The van der Waals surface area contributed by atoms with Crippen LogP contribution in [0, 0.1) is 11.8 Å². The molecule has 7 aromatic rings. The van der Waals surface area contributed by atoms with Crippen molar-refractivity contribution in [2.75, 3.05) is 66.4 Å². The lowest BCUT2D eigenvalue weighted by Gasteiger charge is -2.37. The minimum absolute atomic E-state index is 0.0327. The van der Waals surface area contributed by atoms with Gasteiger partial charge in [0.2, 0.25) is 88.6 Å². The van der Waals surface area contributed by atoms with Crippen molar-refractivity contribution in [3.8, 4) is 5.75 Å². The predicted molar refractivity (Wildman–Crippen MR) is 485 cm³/mol. The third kappa shape index (κ3) is 30.8. The highest BCUT2D eigenvalue weighted by molar-refractivity contribution is 8.00. The number of aromatic hydroxyl groups is 1. The normalized spacial score (nSPS) is 21.9. The molecule has 129 heavy (non-hydrogen) atoms. The molecule has 34 nitrogen and oxygen atoms in total. The number of thioether (sulfide) groups is 1. The molecule has 0 bridgehead atoms. The first-order chi connectivity index (χ1) is 61.4. The molecule has 0 saturated carbocycles. The predicted octanol–water partition coefficient (Wildman–Crippen LogP) is 3.27.